The first kappa shape index (κ1) is 16.8. The second kappa shape index (κ2) is 8.14. The molecule has 2 rings (SSSR count). The first-order valence-electron chi connectivity index (χ1n) is 7.45. The van der Waals surface area contributed by atoms with E-state index in [2.05, 4.69) is 15.6 Å². The van der Waals surface area contributed by atoms with Crippen LogP contribution in [-0.4, -0.2) is 35.8 Å². The van der Waals surface area contributed by atoms with E-state index in [0.29, 0.717) is 22.8 Å². The van der Waals surface area contributed by atoms with Gasteiger partial charge in [-0.25, -0.2) is 4.98 Å². The number of nitrogens with zero attached hydrogens (tertiary/aromatic N) is 1. The van der Waals surface area contributed by atoms with Crippen molar-refractivity contribution >= 4 is 17.4 Å². The molecule has 0 aliphatic carbocycles. The Kier molecular flexibility index (Phi) is 5.94. The fraction of sp³-hybridized carbons (Fsp3) is 0.294. The van der Waals surface area contributed by atoms with Gasteiger partial charge in [-0.2, -0.15) is 0 Å². The van der Waals surface area contributed by atoms with Gasteiger partial charge >= 0.3 is 0 Å². The van der Waals surface area contributed by atoms with Crippen LogP contribution in [0.2, 0.25) is 0 Å². The van der Waals surface area contributed by atoms with Crippen molar-refractivity contribution in [2.75, 3.05) is 24.4 Å². The Morgan fingerprint density at radius 1 is 1.30 bits per heavy atom. The minimum Gasteiger partial charge on any atom is -0.496 e. The number of carbonyl (C=O) groups excluding carboxylic acids is 1. The van der Waals surface area contributed by atoms with Gasteiger partial charge in [-0.05, 0) is 30.7 Å². The van der Waals surface area contributed by atoms with Gasteiger partial charge in [-0.3, -0.25) is 4.79 Å². The zero-order chi connectivity index (χ0) is 16.7. The van der Waals surface area contributed by atoms with Crippen molar-refractivity contribution in [3.05, 3.63) is 48.2 Å². The molecule has 0 aliphatic rings. The SMILES string of the molecule is CCC(CO)Nc1ccc(NC(=O)c2ccccc2OC)cn1. The van der Waals surface area contributed by atoms with Crippen molar-refractivity contribution in [2.45, 2.75) is 19.4 Å². The lowest BCUT2D eigenvalue weighted by atomic mass is 10.2. The predicted molar refractivity (Wildman–Crippen MR) is 90.0 cm³/mol. The van der Waals surface area contributed by atoms with E-state index in [-0.39, 0.29) is 18.6 Å². The molecule has 1 amide bonds. The molecule has 6 heteroatoms. The van der Waals surface area contributed by atoms with Crippen molar-refractivity contribution < 1.29 is 14.6 Å². The van der Waals surface area contributed by atoms with E-state index in [4.69, 9.17) is 4.74 Å². The summed E-state index contributed by atoms with van der Waals surface area (Å²) in [6, 6.07) is 10.5. The van der Waals surface area contributed by atoms with Gasteiger partial charge in [0.1, 0.15) is 11.6 Å². The van der Waals surface area contributed by atoms with Gasteiger partial charge < -0.3 is 20.5 Å². The first-order valence-corrected chi connectivity index (χ1v) is 7.45. The van der Waals surface area contributed by atoms with Crippen molar-refractivity contribution in [3.63, 3.8) is 0 Å². The van der Waals surface area contributed by atoms with Crippen LogP contribution in [0.1, 0.15) is 23.7 Å². The maximum atomic E-state index is 12.3. The molecule has 0 fully saturated rings. The van der Waals surface area contributed by atoms with Gasteiger partial charge in [0.25, 0.3) is 5.91 Å². The van der Waals surface area contributed by atoms with Crippen LogP contribution in [0.15, 0.2) is 42.6 Å². The lowest BCUT2D eigenvalue weighted by molar-refractivity contribution is 0.102. The number of para-hydroxylation sites is 1. The Morgan fingerprint density at radius 2 is 2.09 bits per heavy atom. The Hall–Kier alpha value is -2.60. The maximum Gasteiger partial charge on any atom is 0.259 e. The molecule has 2 aromatic rings. The third-order valence-corrected chi connectivity index (χ3v) is 3.44. The van der Waals surface area contributed by atoms with Crippen LogP contribution >= 0.6 is 0 Å². The summed E-state index contributed by atoms with van der Waals surface area (Å²) in [5, 5.41) is 15.1. The van der Waals surface area contributed by atoms with Crippen molar-refractivity contribution in [1.29, 1.82) is 0 Å². The molecular formula is C17H21N3O3. The number of aliphatic hydroxyl groups excluding tert-OH is 1. The molecule has 0 spiro atoms. The Bertz CT molecular complexity index is 640. The predicted octanol–water partition coefficient (Wildman–Crippen LogP) is 2.53. The van der Waals surface area contributed by atoms with Crippen LogP contribution in [0.4, 0.5) is 11.5 Å². The lowest BCUT2D eigenvalue weighted by Crippen LogP contribution is -2.23. The molecular weight excluding hydrogens is 294 g/mol. The molecule has 0 bridgehead atoms. The number of benzene rings is 1. The third kappa shape index (κ3) is 4.43. The summed E-state index contributed by atoms with van der Waals surface area (Å²) in [6.45, 7) is 2.03. The molecule has 23 heavy (non-hydrogen) atoms. The Balaban J connectivity index is 2.04. The molecule has 1 aromatic carbocycles. The van der Waals surface area contributed by atoms with E-state index < -0.39 is 0 Å². The van der Waals surface area contributed by atoms with Gasteiger partial charge in [0.15, 0.2) is 0 Å². The Labute approximate surface area is 135 Å². The fourth-order valence-corrected chi connectivity index (χ4v) is 2.07. The quantitative estimate of drug-likeness (QED) is 0.731. The average Bonchev–Trinajstić information content (AvgIpc) is 2.61. The molecule has 1 aromatic heterocycles. The largest absolute Gasteiger partial charge is 0.496 e. The maximum absolute atomic E-state index is 12.3. The number of anilines is 2. The van der Waals surface area contributed by atoms with Crippen LogP contribution in [0.3, 0.4) is 0 Å². The zero-order valence-corrected chi connectivity index (χ0v) is 13.2. The van der Waals surface area contributed by atoms with Gasteiger partial charge in [0.2, 0.25) is 0 Å². The van der Waals surface area contributed by atoms with E-state index in [9.17, 15) is 9.90 Å². The van der Waals surface area contributed by atoms with Crippen LogP contribution in [0.5, 0.6) is 5.75 Å². The number of methoxy groups -OCH3 is 1. The second-order valence-corrected chi connectivity index (χ2v) is 5.02. The van der Waals surface area contributed by atoms with E-state index in [1.807, 2.05) is 13.0 Å². The molecule has 122 valence electrons. The highest BCUT2D eigenvalue weighted by molar-refractivity contribution is 6.06. The molecule has 0 aliphatic heterocycles. The van der Waals surface area contributed by atoms with Crippen LogP contribution in [0, 0.1) is 0 Å². The highest BCUT2D eigenvalue weighted by Crippen LogP contribution is 2.19. The topological polar surface area (TPSA) is 83.5 Å². The number of ether oxygens (including phenoxy) is 1. The normalized spacial score (nSPS) is 11.6. The van der Waals surface area contributed by atoms with Crippen molar-refractivity contribution in [2.24, 2.45) is 0 Å². The number of hydrogen-bond donors (Lipinski definition) is 3. The smallest absolute Gasteiger partial charge is 0.259 e. The van der Waals surface area contributed by atoms with Gasteiger partial charge in [0, 0.05) is 0 Å². The van der Waals surface area contributed by atoms with Gasteiger partial charge in [-0.15, -0.1) is 0 Å². The third-order valence-electron chi connectivity index (χ3n) is 3.44. The standard InChI is InChI=1S/C17H21N3O3/c1-3-12(11-21)19-16-9-8-13(10-18-16)20-17(22)14-6-4-5-7-15(14)23-2/h4-10,12,21H,3,11H2,1-2H3,(H,18,19)(H,20,22). The molecule has 1 atom stereocenters. The number of nitrogens with one attached hydrogen (secondary N) is 2. The molecule has 1 heterocycles. The minimum atomic E-state index is -0.258. The van der Waals surface area contributed by atoms with Gasteiger partial charge in [0.05, 0.1) is 37.2 Å². The summed E-state index contributed by atoms with van der Waals surface area (Å²) in [6.07, 6.45) is 2.37. The molecule has 3 N–H and O–H groups in total. The monoisotopic (exact) mass is 315 g/mol. The summed E-state index contributed by atoms with van der Waals surface area (Å²) in [5.41, 5.74) is 1.05. The second-order valence-electron chi connectivity index (χ2n) is 5.02. The highest BCUT2D eigenvalue weighted by Gasteiger charge is 2.12. The molecule has 0 saturated heterocycles. The number of rotatable bonds is 7. The van der Waals surface area contributed by atoms with Crippen LogP contribution in [-0.2, 0) is 0 Å². The van der Waals surface area contributed by atoms with Crippen LogP contribution in [0.25, 0.3) is 0 Å². The van der Waals surface area contributed by atoms with E-state index in [1.165, 1.54) is 7.11 Å². The summed E-state index contributed by atoms with van der Waals surface area (Å²) >= 11 is 0. The summed E-state index contributed by atoms with van der Waals surface area (Å²) < 4.78 is 5.18. The van der Waals surface area contributed by atoms with Crippen molar-refractivity contribution in [3.8, 4) is 5.75 Å². The molecule has 0 saturated carbocycles. The van der Waals surface area contributed by atoms with Gasteiger partial charge in [-0.1, -0.05) is 19.1 Å². The fourth-order valence-electron chi connectivity index (χ4n) is 2.07. The van der Waals surface area contributed by atoms with E-state index in [1.54, 1.807) is 36.5 Å². The Morgan fingerprint density at radius 3 is 2.70 bits per heavy atom. The molecule has 0 radical (unpaired) electrons. The number of pyridine rings is 1. The molecule has 1 unspecified atom stereocenters. The number of aromatic nitrogens is 1. The minimum absolute atomic E-state index is 0.0310. The summed E-state index contributed by atoms with van der Waals surface area (Å²) in [4.78, 5) is 16.5. The number of amides is 1. The van der Waals surface area contributed by atoms with E-state index >= 15 is 0 Å². The van der Waals surface area contributed by atoms with Crippen LogP contribution < -0.4 is 15.4 Å². The summed E-state index contributed by atoms with van der Waals surface area (Å²) in [7, 11) is 1.53. The van der Waals surface area contributed by atoms with E-state index in [0.717, 1.165) is 6.42 Å². The first-order chi connectivity index (χ1) is 11.2. The lowest BCUT2D eigenvalue weighted by Gasteiger charge is -2.15. The number of carbonyl (C=O) groups is 1. The highest BCUT2D eigenvalue weighted by atomic mass is 16.5. The summed E-state index contributed by atoms with van der Waals surface area (Å²) in [5.74, 6) is 0.915. The number of aliphatic hydroxyl groups is 1. The van der Waals surface area contributed by atoms with Crippen molar-refractivity contribution in [1.82, 2.24) is 4.98 Å². The average molecular weight is 315 g/mol. The zero-order valence-electron chi connectivity index (χ0n) is 13.2. The molecule has 6 nitrogen and oxygen atoms in total. The number of hydrogen-bond acceptors (Lipinski definition) is 5.